The van der Waals surface area contributed by atoms with Crippen LogP contribution in [0, 0.1) is 0 Å². The van der Waals surface area contributed by atoms with Crippen LogP contribution in [0.25, 0.3) is 0 Å². The molecule has 3 heterocycles. The Morgan fingerprint density at radius 2 is 2.06 bits per heavy atom. The lowest BCUT2D eigenvalue weighted by Crippen LogP contribution is -2.51. The van der Waals surface area contributed by atoms with Crippen molar-refractivity contribution in [3.63, 3.8) is 0 Å². The van der Waals surface area contributed by atoms with Gasteiger partial charge in [-0.2, -0.15) is 5.10 Å². The second kappa shape index (κ2) is 9.74. The average molecular weight is 446 g/mol. The molecule has 1 fully saturated rings. The molecule has 3 aliphatic rings. The zero-order chi connectivity index (χ0) is 23.4. The summed E-state index contributed by atoms with van der Waals surface area (Å²) in [5.74, 6) is 13.7. The molecule has 1 aromatic rings. The fourth-order valence-corrected chi connectivity index (χ4v) is 4.45. The molecule has 1 aromatic carbocycles. The molecule has 1 saturated heterocycles. The normalized spacial score (nSPS) is 20.7. The van der Waals surface area contributed by atoms with Gasteiger partial charge < -0.3 is 21.5 Å². The van der Waals surface area contributed by atoms with Crippen molar-refractivity contribution in [3.8, 4) is 0 Å². The van der Waals surface area contributed by atoms with Crippen LogP contribution in [0.3, 0.4) is 0 Å². The monoisotopic (exact) mass is 445 g/mol. The fraction of sp³-hybridized carbons (Fsp3) is 0.292. The highest BCUT2D eigenvalue weighted by atomic mass is 15.5. The molecule has 172 valence electrons. The second-order valence-electron chi connectivity index (χ2n) is 7.96. The molecule has 0 radical (unpaired) electrons. The maximum Gasteiger partial charge on any atom is 0.166 e. The first kappa shape index (κ1) is 22.3. The predicted molar refractivity (Wildman–Crippen MR) is 134 cm³/mol. The number of nitrogens with zero attached hydrogens (tertiary/aromatic N) is 5. The number of aliphatic imine (C=N–C) groups is 2. The number of benzene rings is 1. The van der Waals surface area contributed by atoms with Gasteiger partial charge in [-0.15, -0.1) is 0 Å². The van der Waals surface area contributed by atoms with Gasteiger partial charge >= 0.3 is 0 Å². The molecule has 9 heteroatoms. The van der Waals surface area contributed by atoms with Crippen LogP contribution in [0.5, 0.6) is 0 Å². The standard InChI is InChI=1S/C24H31N9/c1-4-7-21(27-5-2)28-16(3)33-22-14-15-32(22)20-9-6-8-19(29-24(20)33)17-10-12-18(13-11-17)23(30-25)31-26/h4-5,7,10-13,22,28H,1,3,6,8-9,14-15,25-26H2,2H3,(H,30,31)/b21-7+,27-5-/t22-/m0/s1. The van der Waals surface area contributed by atoms with Crippen LogP contribution in [0.2, 0.25) is 0 Å². The van der Waals surface area contributed by atoms with Crippen molar-refractivity contribution in [2.75, 3.05) is 6.54 Å². The number of hydrogen-bond acceptors (Lipinski definition) is 8. The Morgan fingerprint density at radius 3 is 2.67 bits per heavy atom. The third-order valence-corrected chi connectivity index (χ3v) is 6.05. The van der Waals surface area contributed by atoms with E-state index in [1.165, 1.54) is 5.70 Å². The zero-order valence-corrected chi connectivity index (χ0v) is 19.0. The first-order valence-corrected chi connectivity index (χ1v) is 11.1. The van der Waals surface area contributed by atoms with Crippen molar-refractivity contribution in [3.05, 3.63) is 83.9 Å². The minimum Gasteiger partial charge on any atom is -0.351 e. The summed E-state index contributed by atoms with van der Waals surface area (Å²) in [6, 6.07) is 7.95. The van der Waals surface area contributed by atoms with Gasteiger partial charge in [-0.25, -0.2) is 15.8 Å². The topological polar surface area (TPSA) is 120 Å². The molecule has 33 heavy (non-hydrogen) atoms. The lowest BCUT2D eigenvalue weighted by Gasteiger charge is -2.43. The average Bonchev–Trinajstić information content (AvgIpc) is 2.91. The van der Waals surface area contributed by atoms with E-state index in [9.17, 15) is 0 Å². The lowest BCUT2D eigenvalue weighted by molar-refractivity contribution is 0.0622. The highest BCUT2D eigenvalue weighted by Crippen LogP contribution is 2.43. The van der Waals surface area contributed by atoms with E-state index in [0.717, 1.165) is 60.7 Å². The van der Waals surface area contributed by atoms with Gasteiger partial charge in [-0.3, -0.25) is 4.90 Å². The number of rotatable bonds is 7. The smallest absolute Gasteiger partial charge is 0.166 e. The maximum absolute atomic E-state index is 5.49. The second-order valence-corrected chi connectivity index (χ2v) is 7.96. The van der Waals surface area contributed by atoms with Crippen LogP contribution in [0.1, 0.15) is 43.7 Å². The van der Waals surface area contributed by atoms with E-state index < -0.39 is 0 Å². The lowest BCUT2D eigenvalue weighted by atomic mass is 10.0. The zero-order valence-electron chi connectivity index (χ0n) is 19.0. The largest absolute Gasteiger partial charge is 0.351 e. The Hall–Kier alpha value is -3.85. The summed E-state index contributed by atoms with van der Waals surface area (Å²) in [5, 5.41) is 7.01. The molecule has 1 atom stereocenters. The van der Waals surface area contributed by atoms with Crippen LogP contribution in [-0.2, 0) is 0 Å². The van der Waals surface area contributed by atoms with Gasteiger partial charge in [0, 0.05) is 24.7 Å². The molecule has 0 unspecified atom stereocenters. The van der Waals surface area contributed by atoms with Crippen LogP contribution in [-0.4, -0.2) is 40.3 Å². The molecule has 0 saturated carbocycles. The Labute approximate surface area is 194 Å². The van der Waals surface area contributed by atoms with E-state index in [-0.39, 0.29) is 6.17 Å². The van der Waals surface area contributed by atoms with E-state index in [1.54, 1.807) is 12.3 Å². The molecule has 9 nitrogen and oxygen atoms in total. The summed E-state index contributed by atoms with van der Waals surface area (Å²) >= 11 is 0. The molecular weight excluding hydrogens is 414 g/mol. The van der Waals surface area contributed by atoms with Crippen molar-refractivity contribution in [2.45, 2.75) is 38.8 Å². The molecule has 6 N–H and O–H groups in total. The predicted octanol–water partition coefficient (Wildman–Crippen LogP) is 2.44. The van der Waals surface area contributed by atoms with Gasteiger partial charge in [0.05, 0.1) is 11.4 Å². The number of nitrogens with two attached hydrogens (primary N) is 2. The first-order chi connectivity index (χ1) is 16.1. The number of hydrogen-bond donors (Lipinski definition) is 4. The third kappa shape index (κ3) is 4.27. The highest BCUT2D eigenvalue weighted by Gasteiger charge is 2.45. The van der Waals surface area contributed by atoms with Gasteiger partial charge in [0.1, 0.15) is 17.8 Å². The first-order valence-electron chi connectivity index (χ1n) is 11.1. The van der Waals surface area contributed by atoms with Crippen molar-refractivity contribution >= 4 is 17.8 Å². The van der Waals surface area contributed by atoms with E-state index >= 15 is 0 Å². The van der Waals surface area contributed by atoms with Crippen LogP contribution < -0.4 is 22.4 Å². The molecule has 3 aliphatic heterocycles. The van der Waals surface area contributed by atoms with Crippen LogP contribution in [0.15, 0.2) is 87.8 Å². The Kier molecular flexibility index (Phi) is 6.60. The van der Waals surface area contributed by atoms with Gasteiger partial charge in [-0.05, 0) is 37.8 Å². The highest BCUT2D eigenvalue weighted by molar-refractivity contribution is 6.03. The summed E-state index contributed by atoms with van der Waals surface area (Å²) in [7, 11) is 0. The quantitative estimate of drug-likeness (QED) is 0.168. The number of amidine groups is 1. The number of hydrazone groups is 1. The molecule has 0 bridgehead atoms. The SMILES string of the molecule is C=C/C=C(\N=C/C)NC(=C)N1C2=C(CCCC(c3ccc(/C(=N/N)NN)cc3)=N2)N2CC[C@@H]21. The van der Waals surface area contributed by atoms with Gasteiger partial charge in [0.15, 0.2) is 11.7 Å². The number of allylic oxidation sites excluding steroid dienone is 3. The molecular formula is C24H31N9. The number of fused-ring (bicyclic) bond motifs is 2. The molecule has 0 aromatic heterocycles. The van der Waals surface area contributed by atoms with Crippen molar-refractivity contribution in [2.24, 2.45) is 26.8 Å². The summed E-state index contributed by atoms with van der Waals surface area (Å²) in [6.07, 6.45) is 9.52. The van der Waals surface area contributed by atoms with Gasteiger partial charge in [-0.1, -0.05) is 43.5 Å². The Bertz CT molecular complexity index is 1080. The maximum atomic E-state index is 5.49. The molecule has 0 spiro atoms. The molecule has 4 rings (SSSR count). The van der Waals surface area contributed by atoms with E-state index in [1.807, 2.05) is 37.3 Å². The fourth-order valence-electron chi connectivity index (χ4n) is 4.45. The van der Waals surface area contributed by atoms with Crippen molar-refractivity contribution < 1.29 is 0 Å². The van der Waals surface area contributed by atoms with Crippen molar-refractivity contribution in [1.82, 2.24) is 20.5 Å². The van der Waals surface area contributed by atoms with Crippen molar-refractivity contribution in [1.29, 1.82) is 0 Å². The number of hydrazine groups is 1. The summed E-state index contributed by atoms with van der Waals surface area (Å²) in [6.45, 7) is 11.0. The summed E-state index contributed by atoms with van der Waals surface area (Å²) in [5.41, 5.74) is 6.74. The molecule has 0 aliphatic carbocycles. The van der Waals surface area contributed by atoms with Crippen LogP contribution >= 0.6 is 0 Å². The Balaban J connectivity index is 1.65. The Morgan fingerprint density at radius 1 is 1.27 bits per heavy atom. The van der Waals surface area contributed by atoms with E-state index in [2.05, 4.69) is 43.8 Å². The summed E-state index contributed by atoms with van der Waals surface area (Å²) < 4.78 is 0. The van der Waals surface area contributed by atoms with E-state index in [4.69, 9.17) is 16.7 Å². The summed E-state index contributed by atoms with van der Waals surface area (Å²) in [4.78, 5) is 14.2. The minimum atomic E-state index is 0.245. The van der Waals surface area contributed by atoms with Crippen LogP contribution in [0.4, 0.5) is 0 Å². The van der Waals surface area contributed by atoms with E-state index in [0.29, 0.717) is 11.7 Å². The van der Waals surface area contributed by atoms with Gasteiger partial charge in [0.2, 0.25) is 0 Å². The number of nitrogens with one attached hydrogen (secondary N) is 2. The third-order valence-electron chi connectivity index (χ3n) is 6.05. The van der Waals surface area contributed by atoms with Gasteiger partial charge in [0.25, 0.3) is 0 Å². The minimum absolute atomic E-state index is 0.245. The molecule has 0 amide bonds.